The fraction of sp³-hybridized carbons (Fsp3) is 0.0833. The quantitative estimate of drug-likeness (QED) is 0.453. The summed E-state index contributed by atoms with van der Waals surface area (Å²) >= 11 is 0. The lowest BCUT2D eigenvalue weighted by Crippen LogP contribution is -2.33. The summed E-state index contributed by atoms with van der Waals surface area (Å²) in [7, 11) is 0. The lowest BCUT2D eigenvalue weighted by Gasteiger charge is -2.07. The van der Waals surface area contributed by atoms with Crippen molar-refractivity contribution in [2.24, 2.45) is 0 Å². The molecule has 2 N–H and O–H groups in total. The van der Waals surface area contributed by atoms with Crippen molar-refractivity contribution in [1.29, 1.82) is 0 Å². The molecule has 2 heterocycles. The van der Waals surface area contributed by atoms with Gasteiger partial charge in [-0.25, -0.2) is 8.78 Å². The molecule has 0 aliphatic carbocycles. The van der Waals surface area contributed by atoms with E-state index < -0.39 is 23.4 Å². The van der Waals surface area contributed by atoms with Gasteiger partial charge in [-0.2, -0.15) is 5.10 Å². The Bertz CT molecular complexity index is 1280. The van der Waals surface area contributed by atoms with E-state index in [4.69, 9.17) is 0 Å². The first-order chi connectivity index (χ1) is 16.0. The molecule has 4 aromatic rings. The highest BCUT2D eigenvalue weighted by Gasteiger charge is 2.19. The predicted octanol–water partition coefficient (Wildman–Crippen LogP) is 3.64. The first-order valence-corrected chi connectivity index (χ1v) is 10.0. The topological polar surface area (TPSA) is 88.9 Å². The normalized spacial score (nSPS) is 10.6. The molecule has 0 spiro atoms. The number of aromatic nitrogens is 3. The number of rotatable bonds is 7. The fourth-order valence-corrected chi connectivity index (χ4v) is 3.19. The largest absolute Gasteiger partial charge is 0.343 e. The number of nitrogens with one attached hydrogen (secondary N) is 2. The fourth-order valence-electron chi connectivity index (χ4n) is 3.19. The number of anilines is 1. The smallest absolute Gasteiger partial charge is 0.255 e. The van der Waals surface area contributed by atoms with Crippen molar-refractivity contribution < 1.29 is 18.4 Å². The van der Waals surface area contributed by atoms with E-state index in [-0.39, 0.29) is 17.8 Å². The maximum atomic E-state index is 13.3. The van der Waals surface area contributed by atoms with Gasteiger partial charge in [-0.05, 0) is 29.8 Å². The summed E-state index contributed by atoms with van der Waals surface area (Å²) in [6, 6.07) is 16.2. The molecular formula is C24H19F2N5O2. The van der Waals surface area contributed by atoms with Crippen molar-refractivity contribution in [3.8, 4) is 11.3 Å². The van der Waals surface area contributed by atoms with Crippen LogP contribution in [0.25, 0.3) is 11.3 Å². The highest BCUT2D eigenvalue weighted by Crippen LogP contribution is 2.22. The maximum Gasteiger partial charge on any atom is 0.255 e. The molecule has 0 radical (unpaired) electrons. The van der Waals surface area contributed by atoms with Gasteiger partial charge in [0.2, 0.25) is 5.91 Å². The molecule has 7 nitrogen and oxygen atoms in total. The highest BCUT2D eigenvalue weighted by molar-refractivity contribution is 6.02. The molecule has 166 valence electrons. The van der Waals surface area contributed by atoms with Crippen molar-refractivity contribution in [2.75, 3.05) is 11.9 Å². The molecule has 9 heteroatoms. The number of carbonyl (C=O) groups excluding carboxylic acids is 2. The molecule has 0 saturated carbocycles. The summed E-state index contributed by atoms with van der Waals surface area (Å²) in [5, 5.41) is 9.50. The predicted molar refractivity (Wildman–Crippen MR) is 118 cm³/mol. The van der Waals surface area contributed by atoms with Crippen LogP contribution in [0.3, 0.4) is 0 Å². The lowest BCUT2D eigenvalue weighted by atomic mass is 10.1. The number of amides is 2. The van der Waals surface area contributed by atoms with E-state index in [0.717, 1.165) is 17.7 Å². The Labute approximate surface area is 188 Å². The average molecular weight is 447 g/mol. The first kappa shape index (κ1) is 21.8. The van der Waals surface area contributed by atoms with Crippen LogP contribution in [-0.2, 0) is 11.3 Å². The van der Waals surface area contributed by atoms with Gasteiger partial charge in [-0.15, -0.1) is 0 Å². The van der Waals surface area contributed by atoms with E-state index in [1.165, 1.54) is 6.07 Å². The molecular weight excluding hydrogens is 428 g/mol. The molecule has 0 atom stereocenters. The first-order valence-electron chi connectivity index (χ1n) is 10.0. The van der Waals surface area contributed by atoms with Crippen LogP contribution >= 0.6 is 0 Å². The van der Waals surface area contributed by atoms with Gasteiger partial charge in [0.15, 0.2) is 11.6 Å². The zero-order chi connectivity index (χ0) is 23.2. The van der Waals surface area contributed by atoms with Gasteiger partial charge >= 0.3 is 0 Å². The minimum Gasteiger partial charge on any atom is -0.343 e. The average Bonchev–Trinajstić information content (AvgIpc) is 3.25. The summed E-state index contributed by atoms with van der Waals surface area (Å²) < 4.78 is 28.0. The minimum absolute atomic E-state index is 0.0832. The van der Waals surface area contributed by atoms with Gasteiger partial charge < -0.3 is 10.6 Å². The monoisotopic (exact) mass is 447 g/mol. The van der Waals surface area contributed by atoms with Crippen LogP contribution in [0.5, 0.6) is 0 Å². The second-order valence-electron chi connectivity index (χ2n) is 7.18. The summed E-state index contributed by atoms with van der Waals surface area (Å²) in [4.78, 5) is 29.1. The number of benzene rings is 2. The van der Waals surface area contributed by atoms with Crippen LogP contribution in [0.2, 0.25) is 0 Å². The molecule has 0 aliphatic rings. The van der Waals surface area contributed by atoms with E-state index >= 15 is 0 Å². The van der Waals surface area contributed by atoms with Gasteiger partial charge in [0.1, 0.15) is 5.69 Å². The minimum atomic E-state index is -1.08. The maximum absolute atomic E-state index is 13.3. The third-order valence-electron chi connectivity index (χ3n) is 4.74. The Morgan fingerprint density at radius 1 is 0.970 bits per heavy atom. The van der Waals surface area contributed by atoms with Crippen LogP contribution in [-0.4, -0.2) is 33.1 Å². The molecule has 2 aromatic heterocycles. The SMILES string of the molecule is O=C(CNC(=O)c1cn(Cc2ccccc2)nc1-c1cccnc1)Nc1ccc(F)c(F)c1. The number of pyridine rings is 1. The molecule has 0 saturated heterocycles. The van der Waals surface area contributed by atoms with Crippen LogP contribution in [0.1, 0.15) is 15.9 Å². The van der Waals surface area contributed by atoms with Crippen molar-refractivity contribution in [3.05, 3.63) is 102 Å². The van der Waals surface area contributed by atoms with E-state index in [9.17, 15) is 18.4 Å². The van der Waals surface area contributed by atoms with Gasteiger partial charge in [0.25, 0.3) is 5.91 Å². The summed E-state index contributed by atoms with van der Waals surface area (Å²) in [5.41, 5.74) is 2.45. The van der Waals surface area contributed by atoms with Gasteiger partial charge in [-0.3, -0.25) is 19.3 Å². The number of halogens is 2. The van der Waals surface area contributed by atoms with Gasteiger partial charge in [0, 0.05) is 35.9 Å². The van der Waals surface area contributed by atoms with Crippen LogP contribution in [0, 0.1) is 11.6 Å². The Hall–Kier alpha value is -4.40. The lowest BCUT2D eigenvalue weighted by molar-refractivity contribution is -0.115. The van der Waals surface area contributed by atoms with Gasteiger partial charge in [-0.1, -0.05) is 30.3 Å². The van der Waals surface area contributed by atoms with E-state index in [1.807, 2.05) is 30.3 Å². The Morgan fingerprint density at radius 3 is 2.52 bits per heavy atom. The number of hydrogen-bond donors (Lipinski definition) is 2. The summed E-state index contributed by atoms with van der Waals surface area (Å²) in [6.45, 7) is 0.0895. The van der Waals surface area contributed by atoms with E-state index in [0.29, 0.717) is 17.8 Å². The molecule has 0 bridgehead atoms. The Kier molecular flexibility index (Phi) is 6.49. The summed E-state index contributed by atoms with van der Waals surface area (Å²) in [5.74, 6) is -3.19. The van der Waals surface area contributed by atoms with Crippen LogP contribution in [0.4, 0.5) is 14.5 Å². The molecule has 0 unspecified atom stereocenters. The van der Waals surface area contributed by atoms with E-state index in [1.54, 1.807) is 35.4 Å². The molecule has 33 heavy (non-hydrogen) atoms. The summed E-state index contributed by atoms with van der Waals surface area (Å²) in [6.07, 6.45) is 4.83. The highest BCUT2D eigenvalue weighted by atomic mass is 19.2. The number of carbonyl (C=O) groups is 2. The number of hydrogen-bond acceptors (Lipinski definition) is 4. The van der Waals surface area contributed by atoms with Crippen molar-refractivity contribution in [1.82, 2.24) is 20.1 Å². The van der Waals surface area contributed by atoms with Crippen molar-refractivity contribution in [3.63, 3.8) is 0 Å². The van der Waals surface area contributed by atoms with Crippen LogP contribution < -0.4 is 10.6 Å². The second-order valence-corrected chi connectivity index (χ2v) is 7.18. The standard InChI is InChI=1S/C24H19F2N5O2/c25-20-9-8-18(11-21(20)26)29-22(32)13-28-24(33)19-15-31(14-16-5-2-1-3-6-16)30-23(19)17-7-4-10-27-12-17/h1-12,15H,13-14H2,(H,28,33)(H,29,32). The van der Waals surface area contributed by atoms with Crippen molar-refractivity contribution in [2.45, 2.75) is 6.54 Å². The molecule has 0 aliphatic heterocycles. The number of nitrogens with zero attached hydrogens (tertiary/aromatic N) is 3. The molecule has 2 amide bonds. The zero-order valence-electron chi connectivity index (χ0n) is 17.3. The third kappa shape index (κ3) is 5.45. The zero-order valence-corrected chi connectivity index (χ0v) is 17.3. The van der Waals surface area contributed by atoms with E-state index in [2.05, 4.69) is 20.7 Å². The van der Waals surface area contributed by atoms with Crippen molar-refractivity contribution >= 4 is 17.5 Å². The Balaban J connectivity index is 1.49. The van der Waals surface area contributed by atoms with Gasteiger partial charge in [0.05, 0.1) is 18.7 Å². The second kappa shape index (κ2) is 9.82. The molecule has 0 fully saturated rings. The third-order valence-corrected chi connectivity index (χ3v) is 4.74. The Morgan fingerprint density at radius 2 is 1.79 bits per heavy atom. The van der Waals surface area contributed by atoms with Crippen LogP contribution in [0.15, 0.2) is 79.3 Å². The molecule has 4 rings (SSSR count). The molecule has 2 aromatic carbocycles.